The molecule has 4 aromatic rings. The molecule has 0 saturated carbocycles. The van der Waals surface area contributed by atoms with E-state index in [0.29, 0.717) is 22.0 Å². The van der Waals surface area contributed by atoms with Crippen LogP contribution in [0, 0.1) is 13.8 Å². The molecule has 3 aromatic carbocycles. The molecular weight excluding hydrogens is 448 g/mol. The first-order valence-corrected chi connectivity index (χ1v) is 11.6. The van der Waals surface area contributed by atoms with E-state index in [4.69, 9.17) is 4.74 Å². The number of aliphatic hydroxyl groups excluding tert-OH is 1. The van der Waals surface area contributed by atoms with Crippen LogP contribution >= 0.6 is 11.3 Å². The summed E-state index contributed by atoms with van der Waals surface area (Å²) >= 11 is 1.34. The molecule has 0 bridgehead atoms. The molecule has 1 N–H and O–H groups in total. The van der Waals surface area contributed by atoms with Gasteiger partial charge in [0.05, 0.1) is 28.9 Å². The van der Waals surface area contributed by atoms with Gasteiger partial charge in [-0.15, -0.1) is 0 Å². The molecule has 1 fully saturated rings. The van der Waals surface area contributed by atoms with Gasteiger partial charge in [0, 0.05) is 5.56 Å². The van der Waals surface area contributed by atoms with E-state index in [1.807, 2.05) is 44.2 Å². The zero-order chi connectivity index (χ0) is 24.0. The van der Waals surface area contributed by atoms with E-state index in [1.165, 1.54) is 16.2 Å². The molecule has 1 atom stereocenters. The number of thiazole rings is 1. The van der Waals surface area contributed by atoms with E-state index in [1.54, 1.807) is 43.5 Å². The standard InChI is InChI=1S/C27H22N2O4S/c1-15-4-7-18(8-5-15)24(30)22-23(17-9-11-19(33-3)12-10-17)29(26(32)25(22)31)27-28-20-13-6-16(2)14-21(20)34-27/h4-14,23,30H,1-3H3. The number of Topliss-reactive ketones (excluding diaryl/α,β-unsaturated/α-hetero) is 1. The minimum Gasteiger partial charge on any atom is -0.507 e. The maximum Gasteiger partial charge on any atom is 0.301 e. The second-order valence-corrected chi connectivity index (χ2v) is 9.29. The molecule has 170 valence electrons. The van der Waals surface area contributed by atoms with Gasteiger partial charge in [0.1, 0.15) is 11.5 Å². The molecule has 1 amide bonds. The molecule has 0 radical (unpaired) electrons. The SMILES string of the molecule is COc1ccc(C2C(=C(O)c3ccc(C)cc3)C(=O)C(=O)N2c2nc3ccc(C)cc3s2)cc1. The van der Waals surface area contributed by atoms with Crippen molar-refractivity contribution in [2.45, 2.75) is 19.9 Å². The topological polar surface area (TPSA) is 79.7 Å². The Bertz CT molecular complexity index is 1450. The highest BCUT2D eigenvalue weighted by Crippen LogP contribution is 2.44. The molecule has 0 spiro atoms. The lowest BCUT2D eigenvalue weighted by Gasteiger charge is -2.23. The zero-order valence-electron chi connectivity index (χ0n) is 18.9. The fourth-order valence-corrected chi connectivity index (χ4v) is 5.21. The highest BCUT2D eigenvalue weighted by molar-refractivity contribution is 7.22. The molecule has 7 heteroatoms. The van der Waals surface area contributed by atoms with E-state index < -0.39 is 17.7 Å². The number of carbonyl (C=O) groups excluding carboxylic acids is 2. The van der Waals surface area contributed by atoms with Gasteiger partial charge < -0.3 is 9.84 Å². The number of benzene rings is 3. The van der Waals surface area contributed by atoms with Crippen molar-refractivity contribution in [1.29, 1.82) is 0 Å². The van der Waals surface area contributed by atoms with E-state index >= 15 is 0 Å². The first kappa shape index (κ1) is 21.9. The van der Waals surface area contributed by atoms with Gasteiger partial charge in [0.25, 0.3) is 5.78 Å². The van der Waals surface area contributed by atoms with Crippen LogP contribution in [-0.2, 0) is 9.59 Å². The molecule has 0 aliphatic carbocycles. The fourth-order valence-electron chi connectivity index (χ4n) is 4.12. The number of hydrogen-bond donors (Lipinski definition) is 1. The van der Waals surface area contributed by atoms with Gasteiger partial charge in [-0.3, -0.25) is 14.5 Å². The van der Waals surface area contributed by atoms with Crippen LogP contribution in [0.1, 0.15) is 28.3 Å². The third-order valence-electron chi connectivity index (χ3n) is 5.94. The van der Waals surface area contributed by atoms with Crippen molar-refractivity contribution in [1.82, 2.24) is 4.98 Å². The van der Waals surface area contributed by atoms with Crippen molar-refractivity contribution in [2.24, 2.45) is 0 Å². The lowest BCUT2D eigenvalue weighted by molar-refractivity contribution is -0.132. The number of nitrogens with zero attached hydrogens (tertiary/aromatic N) is 2. The molecule has 1 saturated heterocycles. The number of hydrogen-bond acceptors (Lipinski definition) is 6. The van der Waals surface area contributed by atoms with E-state index in [0.717, 1.165) is 21.3 Å². The minimum atomic E-state index is -0.825. The third kappa shape index (κ3) is 3.64. The number of anilines is 1. The average molecular weight is 471 g/mol. The van der Waals surface area contributed by atoms with Crippen molar-refractivity contribution in [3.05, 3.63) is 94.6 Å². The van der Waals surface area contributed by atoms with Crippen molar-refractivity contribution in [3.8, 4) is 5.75 Å². The lowest BCUT2D eigenvalue weighted by Crippen LogP contribution is -2.29. The summed E-state index contributed by atoms with van der Waals surface area (Å²) in [4.78, 5) is 32.7. The van der Waals surface area contributed by atoms with Crippen molar-refractivity contribution >= 4 is 44.1 Å². The molecule has 1 aliphatic heterocycles. The Hall–Kier alpha value is -3.97. The van der Waals surface area contributed by atoms with Gasteiger partial charge in [0.2, 0.25) is 0 Å². The number of ether oxygens (including phenoxy) is 1. The summed E-state index contributed by atoms with van der Waals surface area (Å²) in [7, 11) is 1.57. The highest BCUT2D eigenvalue weighted by Gasteiger charge is 2.48. The van der Waals surface area contributed by atoms with Crippen LogP contribution in [0.4, 0.5) is 5.13 Å². The average Bonchev–Trinajstić information content (AvgIpc) is 3.37. The highest BCUT2D eigenvalue weighted by atomic mass is 32.1. The Morgan fingerprint density at radius 1 is 0.971 bits per heavy atom. The maximum absolute atomic E-state index is 13.3. The molecule has 5 rings (SSSR count). The Balaban J connectivity index is 1.72. The molecule has 34 heavy (non-hydrogen) atoms. The second kappa shape index (κ2) is 8.43. The van der Waals surface area contributed by atoms with Crippen molar-refractivity contribution < 1.29 is 19.4 Å². The molecule has 1 aliphatic rings. The number of ketones is 1. The van der Waals surface area contributed by atoms with Crippen molar-refractivity contribution in [2.75, 3.05) is 12.0 Å². The zero-order valence-corrected chi connectivity index (χ0v) is 19.7. The number of aliphatic hydroxyl groups is 1. The summed E-state index contributed by atoms with van der Waals surface area (Å²) < 4.78 is 6.19. The van der Waals surface area contributed by atoms with Crippen LogP contribution in [0.3, 0.4) is 0 Å². The molecular formula is C27H22N2O4S. The van der Waals surface area contributed by atoms with Gasteiger partial charge in [-0.25, -0.2) is 4.98 Å². The lowest BCUT2D eigenvalue weighted by atomic mass is 9.95. The largest absolute Gasteiger partial charge is 0.507 e. The third-order valence-corrected chi connectivity index (χ3v) is 6.96. The maximum atomic E-state index is 13.3. The first-order valence-electron chi connectivity index (χ1n) is 10.8. The number of fused-ring (bicyclic) bond motifs is 1. The van der Waals surface area contributed by atoms with Crippen LogP contribution in [0.25, 0.3) is 16.0 Å². The van der Waals surface area contributed by atoms with Crippen LogP contribution in [0.15, 0.2) is 72.3 Å². The minimum absolute atomic E-state index is 0.0365. The molecule has 2 heterocycles. The van der Waals surface area contributed by atoms with Crippen LogP contribution in [0.5, 0.6) is 5.75 Å². The van der Waals surface area contributed by atoms with Crippen LogP contribution < -0.4 is 9.64 Å². The Kier molecular flexibility index (Phi) is 5.42. The van der Waals surface area contributed by atoms with Gasteiger partial charge in [0.15, 0.2) is 5.13 Å². The summed E-state index contributed by atoms with van der Waals surface area (Å²) in [5.74, 6) is -1.02. The summed E-state index contributed by atoms with van der Waals surface area (Å²) in [6.07, 6.45) is 0. The van der Waals surface area contributed by atoms with E-state index in [9.17, 15) is 14.7 Å². The molecule has 1 unspecified atom stereocenters. The number of rotatable bonds is 4. The summed E-state index contributed by atoms with van der Waals surface area (Å²) in [6, 6.07) is 19.3. The number of amides is 1. The predicted molar refractivity (Wildman–Crippen MR) is 133 cm³/mol. The smallest absolute Gasteiger partial charge is 0.301 e. The van der Waals surface area contributed by atoms with Gasteiger partial charge in [-0.2, -0.15) is 0 Å². The number of aryl methyl sites for hydroxylation is 2. The Morgan fingerprint density at radius 2 is 1.65 bits per heavy atom. The Morgan fingerprint density at radius 3 is 2.32 bits per heavy atom. The molecule has 1 aromatic heterocycles. The monoisotopic (exact) mass is 470 g/mol. The van der Waals surface area contributed by atoms with Crippen molar-refractivity contribution in [3.63, 3.8) is 0 Å². The predicted octanol–water partition coefficient (Wildman–Crippen LogP) is 5.55. The molecule has 6 nitrogen and oxygen atoms in total. The van der Waals surface area contributed by atoms with Crippen LogP contribution in [0.2, 0.25) is 0 Å². The quantitative estimate of drug-likeness (QED) is 0.240. The second-order valence-electron chi connectivity index (χ2n) is 8.28. The number of methoxy groups -OCH3 is 1. The summed E-state index contributed by atoms with van der Waals surface area (Å²) in [5.41, 5.74) is 4.03. The van der Waals surface area contributed by atoms with E-state index in [2.05, 4.69) is 4.98 Å². The summed E-state index contributed by atoms with van der Waals surface area (Å²) in [5, 5.41) is 11.6. The number of aromatic nitrogens is 1. The van der Waals surface area contributed by atoms with E-state index in [-0.39, 0.29) is 11.3 Å². The summed E-state index contributed by atoms with van der Waals surface area (Å²) in [6.45, 7) is 3.93. The normalized spacial score (nSPS) is 17.5. The van der Waals surface area contributed by atoms with Gasteiger partial charge in [-0.05, 0) is 49.2 Å². The fraction of sp³-hybridized carbons (Fsp3) is 0.148. The Labute approximate surface area is 200 Å². The number of carbonyl (C=O) groups is 2. The van der Waals surface area contributed by atoms with Gasteiger partial charge >= 0.3 is 5.91 Å². The van der Waals surface area contributed by atoms with Gasteiger partial charge in [-0.1, -0.05) is 59.4 Å². The first-order chi connectivity index (χ1) is 16.4. The van der Waals surface area contributed by atoms with Crippen LogP contribution in [-0.4, -0.2) is 28.9 Å².